The Morgan fingerprint density at radius 3 is 2.23 bits per heavy atom. The topological polar surface area (TPSA) is 38.8 Å². The lowest BCUT2D eigenvalue weighted by Crippen LogP contribution is -2.39. The van der Waals surface area contributed by atoms with Crippen molar-refractivity contribution in [1.29, 1.82) is 0 Å². The molecule has 0 aromatic heterocycles. The Bertz CT molecular complexity index is 1040. The third kappa shape index (κ3) is 3.94. The Hall–Kier alpha value is -3.53. The third-order valence-corrected chi connectivity index (χ3v) is 5.49. The summed E-state index contributed by atoms with van der Waals surface area (Å²) in [4.78, 5) is 15.2. The molecule has 0 spiro atoms. The van der Waals surface area contributed by atoms with Gasteiger partial charge < -0.3 is 14.4 Å². The van der Waals surface area contributed by atoms with Crippen LogP contribution in [0.5, 0.6) is 11.5 Å². The molecule has 0 N–H and O–H groups in total. The quantitative estimate of drug-likeness (QED) is 0.574. The van der Waals surface area contributed by atoms with E-state index >= 15 is 0 Å². The maximum absolute atomic E-state index is 13.2. The van der Waals surface area contributed by atoms with E-state index in [2.05, 4.69) is 12.1 Å². The summed E-state index contributed by atoms with van der Waals surface area (Å²) >= 11 is 0. The number of ether oxygens (including phenoxy) is 2. The van der Waals surface area contributed by atoms with Crippen molar-refractivity contribution in [3.8, 4) is 11.5 Å². The molecule has 4 rings (SSSR count). The van der Waals surface area contributed by atoms with Crippen LogP contribution >= 0.6 is 0 Å². The number of hydrogen-bond acceptors (Lipinski definition) is 3. The van der Waals surface area contributed by atoms with Gasteiger partial charge in [0, 0.05) is 12.6 Å². The molecule has 30 heavy (non-hydrogen) atoms. The molecule has 1 heterocycles. The zero-order valence-electron chi connectivity index (χ0n) is 17.2. The van der Waals surface area contributed by atoms with E-state index < -0.39 is 0 Å². The lowest BCUT2D eigenvalue weighted by Gasteiger charge is -2.37. The molecular weight excluding hydrogens is 374 g/mol. The molecule has 0 saturated heterocycles. The number of rotatable bonds is 5. The first-order valence-corrected chi connectivity index (χ1v) is 10.0. The van der Waals surface area contributed by atoms with Gasteiger partial charge in [0.2, 0.25) is 5.91 Å². The van der Waals surface area contributed by atoms with Crippen molar-refractivity contribution in [2.24, 2.45) is 0 Å². The second kappa shape index (κ2) is 8.87. The summed E-state index contributed by atoms with van der Waals surface area (Å²) in [6.45, 7) is 0.639. The number of methoxy groups -OCH3 is 2. The van der Waals surface area contributed by atoms with Gasteiger partial charge in [0.05, 0.1) is 20.3 Å². The highest BCUT2D eigenvalue weighted by Crippen LogP contribution is 2.41. The minimum Gasteiger partial charge on any atom is -0.493 e. The van der Waals surface area contributed by atoms with E-state index in [0.29, 0.717) is 18.0 Å². The predicted octanol–water partition coefficient (Wildman–Crippen LogP) is 4.89. The molecule has 1 amide bonds. The zero-order valence-corrected chi connectivity index (χ0v) is 17.2. The van der Waals surface area contributed by atoms with Gasteiger partial charge in [-0.05, 0) is 46.9 Å². The van der Waals surface area contributed by atoms with Crippen molar-refractivity contribution in [2.45, 2.75) is 12.5 Å². The molecule has 1 aliphatic rings. The average Bonchev–Trinajstić information content (AvgIpc) is 2.82. The van der Waals surface area contributed by atoms with Crippen LogP contribution in [0.25, 0.3) is 6.08 Å². The number of nitrogens with zero attached hydrogens (tertiary/aromatic N) is 1. The van der Waals surface area contributed by atoms with Gasteiger partial charge in [-0.2, -0.15) is 0 Å². The second-order valence-corrected chi connectivity index (χ2v) is 7.24. The maximum atomic E-state index is 13.2. The molecule has 0 saturated carbocycles. The second-order valence-electron chi connectivity index (χ2n) is 7.24. The van der Waals surface area contributed by atoms with E-state index in [1.54, 1.807) is 20.3 Å². The summed E-state index contributed by atoms with van der Waals surface area (Å²) in [5.41, 5.74) is 4.34. The van der Waals surface area contributed by atoms with Crippen molar-refractivity contribution >= 4 is 12.0 Å². The highest BCUT2D eigenvalue weighted by atomic mass is 16.5. The summed E-state index contributed by atoms with van der Waals surface area (Å²) in [5.74, 6) is 1.38. The van der Waals surface area contributed by atoms with Crippen molar-refractivity contribution < 1.29 is 14.3 Å². The number of hydrogen-bond donors (Lipinski definition) is 0. The van der Waals surface area contributed by atoms with Crippen molar-refractivity contribution in [2.75, 3.05) is 20.8 Å². The van der Waals surface area contributed by atoms with Crippen LogP contribution in [0, 0.1) is 0 Å². The lowest BCUT2D eigenvalue weighted by molar-refractivity contribution is -0.127. The summed E-state index contributed by atoms with van der Waals surface area (Å²) in [6, 6.07) is 23.9. The lowest BCUT2D eigenvalue weighted by atomic mass is 9.87. The van der Waals surface area contributed by atoms with Crippen LogP contribution in [-0.4, -0.2) is 31.6 Å². The number of fused-ring (bicyclic) bond motifs is 1. The van der Waals surface area contributed by atoms with Gasteiger partial charge in [0.1, 0.15) is 0 Å². The third-order valence-electron chi connectivity index (χ3n) is 5.49. The van der Waals surface area contributed by atoms with Crippen LogP contribution < -0.4 is 9.47 Å². The summed E-state index contributed by atoms with van der Waals surface area (Å²) < 4.78 is 11.0. The number of carbonyl (C=O) groups is 1. The molecular formula is C26H25NO3. The predicted molar refractivity (Wildman–Crippen MR) is 119 cm³/mol. The first kappa shape index (κ1) is 19.8. The fourth-order valence-corrected chi connectivity index (χ4v) is 4.01. The zero-order chi connectivity index (χ0) is 20.9. The number of carbonyl (C=O) groups excluding carboxylic acids is 1. The van der Waals surface area contributed by atoms with Crippen LogP contribution in [0.3, 0.4) is 0 Å². The van der Waals surface area contributed by atoms with Crippen molar-refractivity contribution in [1.82, 2.24) is 4.90 Å². The van der Waals surface area contributed by atoms with Gasteiger partial charge in [-0.1, -0.05) is 60.7 Å². The molecule has 0 bridgehead atoms. The monoisotopic (exact) mass is 399 g/mol. The van der Waals surface area contributed by atoms with Gasteiger partial charge in [-0.3, -0.25) is 4.79 Å². The van der Waals surface area contributed by atoms with Crippen LogP contribution in [0.4, 0.5) is 0 Å². The molecule has 0 aliphatic carbocycles. The van der Waals surface area contributed by atoms with Gasteiger partial charge >= 0.3 is 0 Å². The molecule has 1 unspecified atom stereocenters. The average molecular weight is 399 g/mol. The SMILES string of the molecule is COc1cc2c(cc1OC)C(c1ccccc1)N(C(=O)C=Cc1ccccc1)CC2. The normalized spacial score (nSPS) is 15.7. The van der Waals surface area contributed by atoms with Crippen LogP contribution in [0.1, 0.15) is 28.3 Å². The first-order valence-electron chi connectivity index (χ1n) is 10.0. The highest BCUT2D eigenvalue weighted by Gasteiger charge is 2.32. The largest absolute Gasteiger partial charge is 0.493 e. The van der Waals surface area contributed by atoms with Crippen LogP contribution in [0.2, 0.25) is 0 Å². The van der Waals surface area contributed by atoms with E-state index in [9.17, 15) is 4.79 Å². The molecule has 1 atom stereocenters. The molecule has 3 aromatic rings. The molecule has 0 radical (unpaired) electrons. The van der Waals surface area contributed by atoms with E-state index in [1.807, 2.05) is 71.6 Å². The number of amides is 1. The van der Waals surface area contributed by atoms with Crippen LogP contribution in [-0.2, 0) is 11.2 Å². The Labute approximate surface area is 177 Å². The Kier molecular flexibility index (Phi) is 5.84. The van der Waals surface area contributed by atoms with Gasteiger partial charge in [0.25, 0.3) is 0 Å². The van der Waals surface area contributed by atoms with Crippen LogP contribution in [0.15, 0.2) is 78.9 Å². The van der Waals surface area contributed by atoms with Crippen molar-refractivity contribution in [3.63, 3.8) is 0 Å². The summed E-state index contributed by atoms with van der Waals surface area (Å²) in [7, 11) is 3.28. The van der Waals surface area contributed by atoms with Gasteiger partial charge in [0.15, 0.2) is 11.5 Å². The Morgan fingerprint density at radius 1 is 0.933 bits per heavy atom. The van der Waals surface area contributed by atoms with E-state index in [4.69, 9.17) is 9.47 Å². The van der Waals surface area contributed by atoms with Gasteiger partial charge in [-0.15, -0.1) is 0 Å². The fourth-order valence-electron chi connectivity index (χ4n) is 4.01. The molecule has 3 aromatic carbocycles. The Morgan fingerprint density at radius 2 is 1.57 bits per heavy atom. The smallest absolute Gasteiger partial charge is 0.247 e. The minimum absolute atomic E-state index is 0.00635. The molecule has 4 heteroatoms. The van der Waals surface area contributed by atoms with E-state index in [1.165, 1.54) is 5.56 Å². The molecule has 4 nitrogen and oxygen atoms in total. The fraction of sp³-hybridized carbons (Fsp3) is 0.192. The minimum atomic E-state index is -0.178. The summed E-state index contributed by atoms with van der Waals surface area (Å²) in [6.07, 6.45) is 4.30. The Balaban J connectivity index is 1.74. The molecule has 1 aliphatic heterocycles. The van der Waals surface area contributed by atoms with E-state index in [0.717, 1.165) is 23.1 Å². The van der Waals surface area contributed by atoms with E-state index in [-0.39, 0.29) is 11.9 Å². The van der Waals surface area contributed by atoms with Crippen molar-refractivity contribution in [3.05, 3.63) is 101 Å². The van der Waals surface area contributed by atoms with Gasteiger partial charge in [-0.25, -0.2) is 0 Å². The summed E-state index contributed by atoms with van der Waals surface area (Å²) in [5, 5.41) is 0. The molecule has 0 fully saturated rings. The first-order chi connectivity index (χ1) is 14.7. The number of benzene rings is 3. The highest BCUT2D eigenvalue weighted by molar-refractivity contribution is 5.92. The standard InChI is InChI=1S/C26H25NO3/c1-29-23-17-21-15-16-27(25(28)14-13-19-9-5-3-6-10-19)26(20-11-7-4-8-12-20)22(21)18-24(23)30-2/h3-14,17-18,26H,15-16H2,1-2H3. The maximum Gasteiger partial charge on any atom is 0.247 e. The molecule has 152 valence electrons.